The molecule has 0 heterocycles. The highest BCUT2D eigenvalue weighted by Crippen LogP contribution is 2.58. The van der Waals surface area contributed by atoms with E-state index in [1.807, 2.05) is 0 Å². The van der Waals surface area contributed by atoms with Gasteiger partial charge in [-0.05, 0) is 38.1 Å². The topological polar surface area (TPSA) is 99.1 Å². The lowest BCUT2D eigenvalue weighted by molar-refractivity contribution is 0.314. The first-order valence-electron chi connectivity index (χ1n) is 4.75. The second-order valence-electron chi connectivity index (χ2n) is 4.00. The van der Waals surface area contributed by atoms with Crippen LogP contribution in [0.3, 0.4) is 0 Å². The standard InChI is InChI=1S/C10H15FN2O3S/c1-10(2,9(12)13-14)17(15,16)8-5-3-7(11)4-6-8/h3-6,14-16H,1-2H3,(H2,12,13). The van der Waals surface area contributed by atoms with Crippen LogP contribution in [0.2, 0.25) is 0 Å². The highest BCUT2D eigenvalue weighted by atomic mass is 32.3. The average Bonchev–Trinajstić information content (AvgIpc) is 2.28. The number of halogens is 1. The van der Waals surface area contributed by atoms with E-state index >= 15 is 0 Å². The van der Waals surface area contributed by atoms with Crippen molar-refractivity contribution in [2.75, 3.05) is 0 Å². The highest BCUT2D eigenvalue weighted by molar-refractivity contribution is 8.26. The van der Waals surface area contributed by atoms with Crippen LogP contribution < -0.4 is 5.73 Å². The summed E-state index contributed by atoms with van der Waals surface area (Å²) in [6, 6.07) is 4.76. The third-order valence-electron chi connectivity index (χ3n) is 2.58. The average molecular weight is 262 g/mol. The molecular formula is C10H15FN2O3S. The molecule has 0 aliphatic rings. The summed E-state index contributed by atoms with van der Waals surface area (Å²) < 4.78 is 31.7. The predicted molar refractivity (Wildman–Crippen MR) is 65.0 cm³/mol. The summed E-state index contributed by atoms with van der Waals surface area (Å²) in [6.07, 6.45) is 0. The van der Waals surface area contributed by atoms with Gasteiger partial charge in [0.2, 0.25) is 0 Å². The number of oxime groups is 1. The van der Waals surface area contributed by atoms with Gasteiger partial charge in [-0.1, -0.05) is 5.16 Å². The molecule has 5 N–H and O–H groups in total. The van der Waals surface area contributed by atoms with Crippen LogP contribution in [-0.4, -0.2) is 24.9 Å². The van der Waals surface area contributed by atoms with Crippen LogP contribution in [0.1, 0.15) is 13.8 Å². The molecule has 17 heavy (non-hydrogen) atoms. The fraction of sp³-hybridized carbons (Fsp3) is 0.300. The minimum atomic E-state index is -3.35. The first kappa shape index (κ1) is 13.8. The molecule has 7 heteroatoms. The number of nitrogens with zero attached hydrogens (tertiary/aromatic N) is 1. The number of amidine groups is 1. The summed E-state index contributed by atoms with van der Waals surface area (Å²) in [4.78, 5) is 0.135. The molecule has 0 aromatic heterocycles. The first-order chi connectivity index (χ1) is 7.73. The van der Waals surface area contributed by atoms with Gasteiger partial charge in [-0.25, -0.2) is 4.39 Å². The van der Waals surface area contributed by atoms with Crippen LogP contribution in [0.25, 0.3) is 0 Å². The van der Waals surface area contributed by atoms with Crippen molar-refractivity contribution in [3.8, 4) is 0 Å². The Kier molecular flexibility index (Phi) is 3.65. The Morgan fingerprint density at radius 2 is 1.76 bits per heavy atom. The summed E-state index contributed by atoms with van der Waals surface area (Å²) >= 11 is 0. The Morgan fingerprint density at radius 3 is 2.18 bits per heavy atom. The summed E-state index contributed by atoms with van der Waals surface area (Å²) in [5.74, 6) is -0.785. The third kappa shape index (κ3) is 2.36. The van der Waals surface area contributed by atoms with E-state index in [4.69, 9.17) is 10.9 Å². The summed E-state index contributed by atoms with van der Waals surface area (Å²) in [7, 11) is -3.35. The number of hydrogen-bond donors (Lipinski definition) is 4. The quantitative estimate of drug-likeness (QED) is 0.291. The molecule has 0 aliphatic heterocycles. The van der Waals surface area contributed by atoms with Gasteiger partial charge in [0.25, 0.3) is 0 Å². The smallest absolute Gasteiger partial charge is 0.164 e. The van der Waals surface area contributed by atoms with Crippen LogP contribution in [0.5, 0.6) is 0 Å². The van der Waals surface area contributed by atoms with Gasteiger partial charge >= 0.3 is 0 Å². The predicted octanol–water partition coefficient (Wildman–Crippen LogP) is 2.46. The maximum absolute atomic E-state index is 12.8. The molecule has 0 bridgehead atoms. The van der Waals surface area contributed by atoms with Crippen molar-refractivity contribution in [3.05, 3.63) is 30.1 Å². The van der Waals surface area contributed by atoms with Crippen LogP contribution in [-0.2, 0) is 0 Å². The number of benzene rings is 1. The van der Waals surface area contributed by atoms with Crippen LogP contribution in [0, 0.1) is 5.82 Å². The van der Waals surface area contributed by atoms with Crippen LogP contribution in [0.4, 0.5) is 4.39 Å². The Labute approximate surface area is 100 Å². The van der Waals surface area contributed by atoms with Gasteiger partial charge < -0.3 is 10.9 Å². The molecule has 0 unspecified atom stereocenters. The minimum Gasteiger partial charge on any atom is -0.409 e. The Balaban J connectivity index is 3.23. The molecule has 1 rings (SSSR count). The van der Waals surface area contributed by atoms with E-state index in [0.717, 1.165) is 12.1 Å². The zero-order valence-corrected chi connectivity index (χ0v) is 10.3. The summed E-state index contributed by atoms with van der Waals surface area (Å²) in [6.45, 7) is 2.86. The maximum atomic E-state index is 12.8. The molecule has 1 aromatic rings. The molecule has 0 aliphatic carbocycles. The minimum absolute atomic E-state index is 0.135. The van der Waals surface area contributed by atoms with Crippen molar-refractivity contribution < 1.29 is 18.7 Å². The highest BCUT2D eigenvalue weighted by Gasteiger charge is 2.40. The largest absolute Gasteiger partial charge is 0.409 e. The van der Waals surface area contributed by atoms with Crippen LogP contribution >= 0.6 is 10.6 Å². The van der Waals surface area contributed by atoms with E-state index in [1.165, 1.54) is 26.0 Å². The van der Waals surface area contributed by atoms with Crippen molar-refractivity contribution in [3.63, 3.8) is 0 Å². The molecule has 0 radical (unpaired) electrons. The van der Waals surface area contributed by atoms with Crippen molar-refractivity contribution in [2.45, 2.75) is 23.5 Å². The molecular weight excluding hydrogens is 247 g/mol. The van der Waals surface area contributed by atoms with E-state index in [2.05, 4.69) is 5.16 Å². The molecule has 0 saturated heterocycles. The Hall–Kier alpha value is -1.31. The van der Waals surface area contributed by atoms with E-state index in [-0.39, 0.29) is 10.7 Å². The molecule has 0 atom stereocenters. The zero-order chi connectivity index (χ0) is 13.3. The number of hydrogen-bond acceptors (Lipinski definition) is 4. The van der Waals surface area contributed by atoms with Gasteiger partial charge in [0.15, 0.2) is 5.84 Å². The lowest BCUT2D eigenvalue weighted by Gasteiger charge is -2.45. The van der Waals surface area contributed by atoms with Gasteiger partial charge in [0.1, 0.15) is 10.6 Å². The summed E-state index contributed by atoms with van der Waals surface area (Å²) in [5.41, 5.74) is 5.43. The Morgan fingerprint density at radius 1 is 1.29 bits per heavy atom. The van der Waals surface area contributed by atoms with E-state index < -0.39 is 21.2 Å². The van der Waals surface area contributed by atoms with Crippen LogP contribution in [0.15, 0.2) is 34.3 Å². The first-order valence-corrected chi connectivity index (χ1v) is 6.29. The maximum Gasteiger partial charge on any atom is 0.164 e. The van der Waals surface area contributed by atoms with Crippen molar-refractivity contribution in [1.82, 2.24) is 0 Å². The van der Waals surface area contributed by atoms with Gasteiger partial charge in [0.05, 0.1) is 4.90 Å². The van der Waals surface area contributed by atoms with E-state index in [9.17, 15) is 13.5 Å². The number of nitrogens with two attached hydrogens (primary N) is 1. The molecule has 0 saturated carbocycles. The molecule has 96 valence electrons. The fourth-order valence-corrected chi connectivity index (χ4v) is 2.62. The van der Waals surface area contributed by atoms with Crippen molar-refractivity contribution in [1.29, 1.82) is 0 Å². The van der Waals surface area contributed by atoms with Gasteiger partial charge in [-0.3, -0.25) is 9.11 Å². The van der Waals surface area contributed by atoms with Crippen molar-refractivity contribution in [2.24, 2.45) is 10.9 Å². The second kappa shape index (κ2) is 4.52. The molecule has 1 aromatic carbocycles. The lowest BCUT2D eigenvalue weighted by atomic mass is 10.2. The molecule has 5 nitrogen and oxygen atoms in total. The lowest BCUT2D eigenvalue weighted by Crippen LogP contribution is -2.42. The fourth-order valence-electron chi connectivity index (χ4n) is 1.19. The van der Waals surface area contributed by atoms with E-state index in [1.54, 1.807) is 0 Å². The zero-order valence-electron chi connectivity index (χ0n) is 9.46. The van der Waals surface area contributed by atoms with E-state index in [0.29, 0.717) is 0 Å². The van der Waals surface area contributed by atoms with Gasteiger partial charge in [-0.2, -0.15) is 10.6 Å². The van der Waals surface area contributed by atoms with Crippen molar-refractivity contribution >= 4 is 16.4 Å². The molecule has 0 spiro atoms. The normalized spacial score (nSPS) is 14.8. The molecule has 0 fully saturated rings. The molecule has 0 amide bonds. The summed E-state index contributed by atoms with van der Waals surface area (Å²) in [5, 5.41) is 11.4. The van der Waals surface area contributed by atoms with Gasteiger partial charge in [0, 0.05) is 0 Å². The second-order valence-corrected chi connectivity index (χ2v) is 6.59. The van der Waals surface area contributed by atoms with Gasteiger partial charge in [-0.15, -0.1) is 0 Å². The monoisotopic (exact) mass is 262 g/mol. The SMILES string of the molecule is CC(C)(/C(N)=N/O)S(O)(O)c1ccc(F)cc1. The third-order valence-corrected chi connectivity index (χ3v) is 5.14. The number of rotatable bonds is 3. The Bertz CT molecular complexity index is 432.